The van der Waals surface area contributed by atoms with Crippen LogP contribution in [0.2, 0.25) is 0 Å². The number of carbonyl (C=O) groups excluding carboxylic acids is 1. The smallest absolute Gasteiger partial charge is 0.222 e. The summed E-state index contributed by atoms with van der Waals surface area (Å²) < 4.78 is 5.56. The molecule has 1 saturated heterocycles. The van der Waals surface area contributed by atoms with Crippen molar-refractivity contribution in [3.8, 4) is 0 Å². The summed E-state index contributed by atoms with van der Waals surface area (Å²) in [6.07, 6.45) is 4.60. The number of nitrogens with two attached hydrogens (primary N) is 1. The van der Waals surface area contributed by atoms with Crippen molar-refractivity contribution in [3.63, 3.8) is 0 Å². The maximum Gasteiger partial charge on any atom is 0.222 e. The molecule has 1 fully saturated rings. The minimum Gasteiger partial charge on any atom is -0.378 e. The first kappa shape index (κ1) is 15.0. The Morgan fingerprint density at radius 2 is 2.15 bits per heavy atom. The lowest BCUT2D eigenvalue weighted by Gasteiger charge is -2.22. The molecule has 1 aromatic rings. The summed E-state index contributed by atoms with van der Waals surface area (Å²) in [4.78, 5) is 11.8. The summed E-state index contributed by atoms with van der Waals surface area (Å²) in [7, 11) is 0. The Bertz CT molecular complexity index is 402. The lowest BCUT2D eigenvalue weighted by Crippen LogP contribution is -2.32. The third-order valence-corrected chi connectivity index (χ3v) is 3.69. The predicted octanol–water partition coefficient (Wildman–Crippen LogP) is 2.15. The largest absolute Gasteiger partial charge is 0.378 e. The van der Waals surface area contributed by atoms with Gasteiger partial charge in [-0.05, 0) is 31.2 Å². The van der Waals surface area contributed by atoms with E-state index in [1.165, 1.54) is 0 Å². The Labute approximate surface area is 120 Å². The monoisotopic (exact) mass is 276 g/mol. The molecular formula is C16H24N2O2. The summed E-state index contributed by atoms with van der Waals surface area (Å²) in [6.45, 7) is 1.40. The molecule has 2 atom stereocenters. The van der Waals surface area contributed by atoms with Crippen LogP contribution >= 0.6 is 0 Å². The number of ether oxygens (including phenoxy) is 1. The van der Waals surface area contributed by atoms with Crippen molar-refractivity contribution in [1.82, 2.24) is 5.32 Å². The average Bonchev–Trinajstić information content (AvgIpc) is 2.49. The van der Waals surface area contributed by atoms with Crippen LogP contribution in [0, 0.1) is 0 Å². The van der Waals surface area contributed by atoms with Gasteiger partial charge in [-0.3, -0.25) is 4.79 Å². The summed E-state index contributed by atoms with van der Waals surface area (Å²) in [6, 6.07) is 9.94. The number of benzene rings is 1. The molecular weight excluding hydrogens is 252 g/mol. The molecule has 1 amide bonds. The molecule has 0 aliphatic carbocycles. The molecule has 4 nitrogen and oxygen atoms in total. The molecule has 110 valence electrons. The Kier molecular flexibility index (Phi) is 6.02. The molecule has 1 aliphatic heterocycles. The second-order valence-corrected chi connectivity index (χ2v) is 5.35. The quantitative estimate of drug-likeness (QED) is 0.836. The maximum absolute atomic E-state index is 11.8. The molecule has 0 spiro atoms. The average molecular weight is 276 g/mol. The van der Waals surface area contributed by atoms with Crippen LogP contribution in [0.15, 0.2) is 30.3 Å². The molecule has 2 unspecified atom stereocenters. The Hall–Kier alpha value is -1.39. The van der Waals surface area contributed by atoms with Crippen LogP contribution in [0.5, 0.6) is 0 Å². The molecule has 1 aliphatic rings. The predicted molar refractivity (Wildman–Crippen MR) is 79.2 cm³/mol. The third-order valence-electron chi connectivity index (χ3n) is 3.69. The van der Waals surface area contributed by atoms with Crippen LogP contribution in [-0.2, 0) is 9.53 Å². The van der Waals surface area contributed by atoms with Gasteiger partial charge in [0.05, 0.1) is 12.5 Å². The van der Waals surface area contributed by atoms with Crippen molar-refractivity contribution >= 4 is 5.91 Å². The first-order valence-corrected chi connectivity index (χ1v) is 7.44. The van der Waals surface area contributed by atoms with Gasteiger partial charge in [0, 0.05) is 19.2 Å². The van der Waals surface area contributed by atoms with E-state index in [1.807, 2.05) is 30.3 Å². The van der Waals surface area contributed by atoms with Crippen molar-refractivity contribution in [2.24, 2.45) is 5.73 Å². The molecule has 20 heavy (non-hydrogen) atoms. The van der Waals surface area contributed by atoms with E-state index in [1.54, 1.807) is 0 Å². The van der Waals surface area contributed by atoms with E-state index < -0.39 is 0 Å². The minimum atomic E-state index is -0.0255. The van der Waals surface area contributed by atoms with Gasteiger partial charge in [0.15, 0.2) is 0 Å². The summed E-state index contributed by atoms with van der Waals surface area (Å²) >= 11 is 0. The highest BCUT2D eigenvalue weighted by Gasteiger charge is 2.17. The highest BCUT2D eigenvalue weighted by Crippen LogP contribution is 2.15. The van der Waals surface area contributed by atoms with Gasteiger partial charge < -0.3 is 15.8 Å². The lowest BCUT2D eigenvalue weighted by atomic mass is 10.0. The maximum atomic E-state index is 11.8. The first-order chi connectivity index (χ1) is 9.75. The Morgan fingerprint density at radius 3 is 2.85 bits per heavy atom. The fraction of sp³-hybridized carbons (Fsp3) is 0.562. The number of amides is 1. The van der Waals surface area contributed by atoms with Gasteiger partial charge in [0.1, 0.15) is 0 Å². The number of carbonyl (C=O) groups is 1. The zero-order valence-electron chi connectivity index (χ0n) is 11.9. The molecule has 0 saturated carbocycles. The summed E-state index contributed by atoms with van der Waals surface area (Å²) in [5.41, 5.74) is 7.20. The molecule has 0 aromatic heterocycles. The first-order valence-electron chi connectivity index (χ1n) is 7.44. The van der Waals surface area contributed by atoms with Gasteiger partial charge in [-0.15, -0.1) is 0 Å². The van der Waals surface area contributed by atoms with Gasteiger partial charge in [-0.1, -0.05) is 30.3 Å². The Morgan fingerprint density at radius 1 is 1.35 bits per heavy atom. The SMILES string of the molecule is NC(CCNC(=O)CC1CCCCO1)c1ccccc1. The number of rotatable bonds is 6. The van der Waals surface area contributed by atoms with Crippen LogP contribution in [0.4, 0.5) is 0 Å². The zero-order chi connectivity index (χ0) is 14.2. The van der Waals surface area contributed by atoms with Gasteiger partial charge in [-0.25, -0.2) is 0 Å². The summed E-state index contributed by atoms with van der Waals surface area (Å²) in [5, 5.41) is 2.93. The van der Waals surface area contributed by atoms with E-state index >= 15 is 0 Å². The van der Waals surface area contributed by atoms with E-state index in [-0.39, 0.29) is 18.1 Å². The second kappa shape index (κ2) is 8.02. The van der Waals surface area contributed by atoms with Crippen LogP contribution in [0.25, 0.3) is 0 Å². The van der Waals surface area contributed by atoms with E-state index in [4.69, 9.17) is 10.5 Å². The van der Waals surface area contributed by atoms with Gasteiger partial charge in [0.2, 0.25) is 5.91 Å². The van der Waals surface area contributed by atoms with Crippen molar-refractivity contribution in [2.45, 2.75) is 44.2 Å². The van der Waals surface area contributed by atoms with Crippen molar-refractivity contribution in [3.05, 3.63) is 35.9 Å². The lowest BCUT2D eigenvalue weighted by molar-refractivity contribution is -0.124. The number of hydrogen-bond donors (Lipinski definition) is 2. The van der Waals surface area contributed by atoms with E-state index in [0.29, 0.717) is 13.0 Å². The minimum absolute atomic E-state index is 0.0255. The van der Waals surface area contributed by atoms with E-state index in [9.17, 15) is 4.79 Å². The molecule has 0 radical (unpaired) electrons. The van der Waals surface area contributed by atoms with Gasteiger partial charge in [0.25, 0.3) is 0 Å². The van der Waals surface area contributed by atoms with Crippen molar-refractivity contribution < 1.29 is 9.53 Å². The van der Waals surface area contributed by atoms with Crippen LogP contribution in [0.3, 0.4) is 0 Å². The zero-order valence-corrected chi connectivity index (χ0v) is 11.9. The molecule has 2 rings (SSSR count). The molecule has 3 N–H and O–H groups in total. The van der Waals surface area contributed by atoms with Crippen molar-refractivity contribution in [1.29, 1.82) is 0 Å². The summed E-state index contributed by atoms with van der Waals surface area (Å²) in [5.74, 6) is 0.0668. The normalized spacial score (nSPS) is 20.4. The molecule has 1 heterocycles. The van der Waals surface area contributed by atoms with Crippen LogP contribution in [-0.4, -0.2) is 25.2 Å². The highest BCUT2D eigenvalue weighted by atomic mass is 16.5. The van der Waals surface area contributed by atoms with Gasteiger partial charge >= 0.3 is 0 Å². The topological polar surface area (TPSA) is 64.3 Å². The molecule has 1 aromatic carbocycles. The molecule has 4 heteroatoms. The van der Waals surface area contributed by atoms with Crippen LogP contribution in [0.1, 0.15) is 43.7 Å². The van der Waals surface area contributed by atoms with Gasteiger partial charge in [-0.2, -0.15) is 0 Å². The second-order valence-electron chi connectivity index (χ2n) is 5.35. The fourth-order valence-electron chi connectivity index (χ4n) is 2.48. The number of hydrogen-bond acceptors (Lipinski definition) is 3. The van der Waals surface area contributed by atoms with Crippen LogP contribution < -0.4 is 11.1 Å². The third kappa shape index (κ3) is 4.94. The number of nitrogens with one attached hydrogen (secondary N) is 1. The van der Waals surface area contributed by atoms with E-state index in [0.717, 1.165) is 37.9 Å². The standard InChI is InChI=1S/C16H24N2O2/c17-15(13-6-2-1-3-7-13)9-10-18-16(19)12-14-8-4-5-11-20-14/h1-3,6-7,14-15H,4-5,8-12,17H2,(H,18,19). The van der Waals surface area contributed by atoms with E-state index in [2.05, 4.69) is 5.32 Å². The molecule has 0 bridgehead atoms. The fourth-order valence-corrected chi connectivity index (χ4v) is 2.48. The Balaban J connectivity index is 1.63. The highest BCUT2D eigenvalue weighted by molar-refractivity contribution is 5.76. The van der Waals surface area contributed by atoms with Crippen molar-refractivity contribution in [2.75, 3.05) is 13.2 Å².